The first kappa shape index (κ1) is 16.8. The normalized spacial score (nSPS) is 16.0. The van der Waals surface area contributed by atoms with E-state index in [2.05, 4.69) is 5.32 Å². The lowest BCUT2D eigenvalue weighted by molar-refractivity contribution is -0.125. The summed E-state index contributed by atoms with van der Waals surface area (Å²) in [6.07, 6.45) is -0.513. The molecule has 6 heteroatoms. The van der Waals surface area contributed by atoms with Crippen LogP contribution in [0.15, 0.2) is 42.5 Å². The maximum Gasteiger partial charge on any atom is 0.267 e. The van der Waals surface area contributed by atoms with Crippen LogP contribution in [0.5, 0.6) is 11.5 Å². The minimum atomic E-state index is -0.513. The summed E-state index contributed by atoms with van der Waals surface area (Å²) in [5.74, 6) is 0.848. The number of aryl methyl sites for hydroxylation is 1. The molecule has 25 heavy (non-hydrogen) atoms. The lowest BCUT2D eigenvalue weighted by Gasteiger charge is -2.30. The Kier molecular flexibility index (Phi) is 4.61. The minimum Gasteiger partial charge on any atom is -0.484 e. The number of benzene rings is 2. The average Bonchev–Trinajstić information content (AvgIpc) is 2.60. The second-order valence-corrected chi connectivity index (χ2v) is 5.99. The van der Waals surface area contributed by atoms with Crippen molar-refractivity contribution in [3.8, 4) is 11.5 Å². The number of hydrogen-bond acceptors (Lipinski definition) is 4. The van der Waals surface area contributed by atoms with Gasteiger partial charge in [-0.25, -0.2) is 0 Å². The Morgan fingerprint density at radius 3 is 2.68 bits per heavy atom. The molecule has 1 atom stereocenters. The molecule has 6 nitrogen and oxygen atoms in total. The Hall–Kier alpha value is -3.02. The van der Waals surface area contributed by atoms with Gasteiger partial charge in [-0.1, -0.05) is 17.7 Å². The molecule has 0 fully saturated rings. The zero-order chi connectivity index (χ0) is 18.0. The predicted molar refractivity (Wildman–Crippen MR) is 95.2 cm³/mol. The van der Waals surface area contributed by atoms with E-state index in [0.29, 0.717) is 22.9 Å². The lowest BCUT2D eigenvalue weighted by atomic mass is 10.2. The molecule has 1 aliphatic rings. The van der Waals surface area contributed by atoms with Crippen LogP contribution >= 0.6 is 0 Å². The monoisotopic (exact) mass is 340 g/mol. The van der Waals surface area contributed by atoms with Crippen molar-refractivity contribution >= 4 is 23.2 Å². The van der Waals surface area contributed by atoms with Gasteiger partial charge in [0.05, 0.1) is 5.69 Å². The third-order valence-corrected chi connectivity index (χ3v) is 3.98. The van der Waals surface area contributed by atoms with Crippen molar-refractivity contribution in [2.24, 2.45) is 0 Å². The van der Waals surface area contributed by atoms with E-state index in [1.54, 1.807) is 32.2 Å². The summed E-state index contributed by atoms with van der Waals surface area (Å²) in [6.45, 7) is 3.60. The third kappa shape index (κ3) is 3.74. The molecule has 130 valence electrons. The van der Waals surface area contributed by atoms with E-state index in [-0.39, 0.29) is 18.4 Å². The van der Waals surface area contributed by atoms with Crippen LogP contribution in [0.25, 0.3) is 0 Å². The van der Waals surface area contributed by atoms with Gasteiger partial charge in [0.15, 0.2) is 12.7 Å². The number of carbonyl (C=O) groups excluding carboxylic acids is 2. The molecular weight excluding hydrogens is 320 g/mol. The second-order valence-electron chi connectivity index (χ2n) is 5.99. The number of likely N-dealkylation sites (N-methyl/N-ethyl adjacent to an activating group) is 1. The van der Waals surface area contributed by atoms with Crippen molar-refractivity contribution in [1.82, 2.24) is 0 Å². The topological polar surface area (TPSA) is 67.9 Å². The molecule has 0 radical (unpaired) electrons. The molecule has 2 aromatic rings. The molecular formula is C19H20N2O4. The number of carbonyl (C=O) groups is 2. The minimum absolute atomic E-state index is 0.0948. The summed E-state index contributed by atoms with van der Waals surface area (Å²) in [6, 6.07) is 12.7. The van der Waals surface area contributed by atoms with Crippen molar-refractivity contribution in [3.05, 3.63) is 48.0 Å². The molecule has 0 saturated carbocycles. The van der Waals surface area contributed by atoms with E-state index in [9.17, 15) is 9.59 Å². The number of hydrogen-bond donors (Lipinski definition) is 1. The SMILES string of the molecule is Cc1ccc(OCC(=O)Nc2ccc3c(c2)N(C)C(=O)C(C)O3)cc1. The van der Waals surface area contributed by atoms with Crippen molar-refractivity contribution < 1.29 is 19.1 Å². The Balaban J connectivity index is 1.64. The molecule has 2 aromatic carbocycles. The molecule has 1 aliphatic heterocycles. The van der Waals surface area contributed by atoms with Gasteiger partial charge in [-0.2, -0.15) is 0 Å². The molecule has 0 spiro atoms. The summed E-state index contributed by atoms with van der Waals surface area (Å²) in [7, 11) is 1.69. The first-order valence-corrected chi connectivity index (χ1v) is 8.01. The molecule has 1 N–H and O–H groups in total. The predicted octanol–water partition coefficient (Wildman–Crippen LogP) is 2.76. The standard InChI is InChI=1S/C19H20N2O4/c1-12-4-7-15(8-5-12)24-11-18(22)20-14-6-9-17-16(10-14)21(3)19(23)13(2)25-17/h4-10,13H,11H2,1-3H3,(H,20,22). The van der Waals surface area contributed by atoms with Crippen molar-refractivity contribution in [1.29, 1.82) is 0 Å². The van der Waals surface area contributed by atoms with Gasteiger partial charge in [-0.15, -0.1) is 0 Å². The van der Waals surface area contributed by atoms with Crippen LogP contribution in [-0.4, -0.2) is 31.6 Å². The van der Waals surface area contributed by atoms with Crippen molar-refractivity contribution in [3.63, 3.8) is 0 Å². The Labute approximate surface area is 146 Å². The van der Waals surface area contributed by atoms with E-state index >= 15 is 0 Å². The van der Waals surface area contributed by atoms with Crippen molar-refractivity contribution in [2.75, 3.05) is 23.9 Å². The molecule has 3 rings (SSSR count). The number of amides is 2. The quantitative estimate of drug-likeness (QED) is 0.929. The zero-order valence-electron chi connectivity index (χ0n) is 14.4. The highest BCUT2D eigenvalue weighted by Crippen LogP contribution is 2.35. The van der Waals surface area contributed by atoms with E-state index in [1.807, 2.05) is 31.2 Å². The van der Waals surface area contributed by atoms with E-state index in [4.69, 9.17) is 9.47 Å². The van der Waals surface area contributed by atoms with E-state index in [1.165, 1.54) is 4.90 Å². The first-order valence-electron chi connectivity index (χ1n) is 8.01. The van der Waals surface area contributed by atoms with Gasteiger partial charge in [0.25, 0.3) is 11.8 Å². The van der Waals surface area contributed by atoms with Gasteiger partial charge >= 0.3 is 0 Å². The number of fused-ring (bicyclic) bond motifs is 1. The second kappa shape index (κ2) is 6.84. The highest BCUT2D eigenvalue weighted by atomic mass is 16.5. The number of ether oxygens (including phenoxy) is 2. The molecule has 0 aliphatic carbocycles. The fourth-order valence-electron chi connectivity index (χ4n) is 2.57. The highest BCUT2D eigenvalue weighted by Gasteiger charge is 2.29. The number of anilines is 2. The summed E-state index contributed by atoms with van der Waals surface area (Å²) in [5.41, 5.74) is 2.33. The molecule has 2 amide bonds. The summed E-state index contributed by atoms with van der Waals surface area (Å²) in [4.78, 5) is 25.6. The van der Waals surface area contributed by atoms with Crippen LogP contribution < -0.4 is 19.7 Å². The summed E-state index contributed by atoms with van der Waals surface area (Å²) < 4.78 is 11.0. The van der Waals surface area contributed by atoms with Gasteiger partial charge in [-0.05, 0) is 44.2 Å². The van der Waals surface area contributed by atoms with Crippen LogP contribution in [0.2, 0.25) is 0 Å². The Morgan fingerprint density at radius 2 is 1.96 bits per heavy atom. The maximum atomic E-state index is 12.1. The lowest BCUT2D eigenvalue weighted by Crippen LogP contribution is -2.42. The average molecular weight is 340 g/mol. The van der Waals surface area contributed by atoms with Crippen LogP contribution in [0.4, 0.5) is 11.4 Å². The number of rotatable bonds is 4. The zero-order valence-corrected chi connectivity index (χ0v) is 14.4. The van der Waals surface area contributed by atoms with Crippen LogP contribution in [-0.2, 0) is 9.59 Å². The van der Waals surface area contributed by atoms with Gasteiger partial charge in [0.2, 0.25) is 0 Å². The van der Waals surface area contributed by atoms with Gasteiger partial charge in [-0.3, -0.25) is 9.59 Å². The van der Waals surface area contributed by atoms with E-state index < -0.39 is 6.10 Å². The Bertz CT molecular complexity index is 802. The van der Waals surface area contributed by atoms with Crippen LogP contribution in [0.1, 0.15) is 12.5 Å². The van der Waals surface area contributed by atoms with Crippen LogP contribution in [0, 0.1) is 6.92 Å². The first-order chi connectivity index (χ1) is 11.9. The van der Waals surface area contributed by atoms with Gasteiger partial charge < -0.3 is 19.7 Å². The molecule has 1 unspecified atom stereocenters. The molecule has 0 aromatic heterocycles. The third-order valence-electron chi connectivity index (χ3n) is 3.98. The summed E-state index contributed by atoms with van der Waals surface area (Å²) in [5, 5.41) is 2.76. The number of nitrogens with zero attached hydrogens (tertiary/aromatic N) is 1. The molecule has 0 bridgehead atoms. The fraction of sp³-hybridized carbons (Fsp3) is 0.263. The maximum absolute atomic E-state index is 12.1. The Morgan fingerprint density at radius 1 is 1.24 bits per heavy atom. The summed E-state index contributed by atoms with van der Waals surface area (Å²) >= 11 is 0. The van der Waals surface area contributed by atoms with Crippen LogP contribution in [0.3, 0.4) is 0 Å². The molecule has 0 saturated heterocycles. The van der Waals surface area contributed by atoms with Crippen molar-refractivity contribution in [2.45, 2.75) is 20.0 Å². The van der Waals surface area contributed by atoms with Gasteiger partial charge in [0, 0.05) is 12.7 Å². The fourth-order valence-corrected chi connectivity index (χ4v) is 2.57. The van der Waals surface area contributed by atoms with E-state index in [0.717, 1.165) is 5.56 Å². The molecule has 1 heterocycles. The largest absolute Gasteiger partial charge is 0.484 e. The smallest absolute Gasteiger partial charge is 0.267 e. The number of nitrogens with one attached hydrogen (secondary N) is 1. The van der Waals surface area contributed by atoms with Gasteiger partial charge in [0.1, 0.15) is 11.5 Å². The highest BCUT2D eigenvalue weighted by molar-refractivity contribution is 6.00.